The summed E-state index contributed by atoms with van der Waals surface area (Å²) in [7, 11) is -3.70. The molecular formula is C17H14ClN3O2S. The van der Waals surface area contributed by atoms with Crippen molar-refractivity contribution < 1.29 is 8.42 Å². The third-order valence-electron chi connectivity index (χ3n) is 3.46. The first-order chi connectivity index (χ1) is 11.5. The van der Waals surface area contributed by atoms with Crippen molar-refractivity contribution in [1.29, 1.82) is 0 Å². The van der Waals surface area contributed by atoms with Crippen LogP contribution in [0.25, 0.3) is 10.9 Å². The van der Waals surface area contributed by atoms with Crippen molar-refractivity contribution in [3.8, 4) is 0 Å². The molecule has 122 valence electrons. The number of hydrazone groups is 1. The monoisotopic (exact) mass is 359 g/mol. The number of benzene rings is 2. The number of fused-ring (bicyclic) bond motifs is 1. The van der Waals surface area contributed by atoms with Crippen molar-refractivity contribution in [2.24, 2.45) is 5.10 Å². The first-order valence-electron chi connectivity index (χ1n) is 7.13. The highest BCUT2D eigenvalue weighted by Crippen LogP contribution is 2.21. The highest BCUT2D eigenvalue weighted by molar-refractivity contribution is 7.89. The van der Waals surface area contributed by atoms with E-state index in [0.717, 1.165) is 16.5 Å². The molecule has 5 nitrogen and oxygen atoms in total. The molecule has 24 heavy (non-hydrogen) atoms. The first kappa shape index (κ1) is 16.4. The third-order valence-corrected chi connectivity index (χ3v) is 5.00. The predicted octanol–water partition coefficient (Wildman–Crippen LogP) is 3.51. The minimum absolute atomic E-state index is 0.139. The maximum atomic E-state index is 12.1. The maximum absolute atomic E-state index is 12.1. The number of halogens is 1. The van der Waals surface area contributed by atoms with Crippen LogP contribution < -0.4 is 4.83 Å². The number of hydrogen-bond acceptors (Lipinski definition) is 4. The molecule has 7 heteroatoms. The molecule has 3 rings (SSSR count). The van der Waals surface area contributed by atoms with Crippen LogP contribution in [0, 0.1) is 6.92 Å². The molecule has 0 atom stereocenters. The second kappa shape index (κ2) is 6.59. The Labute approximate surface area is 145 Å². The Hall–Kier alpha value is -2.44. The van der Waals surface area contributed by atoms with Crippen LogP contribution in [0.1, 0.15) is 11.1 Å². The van der Waals surface area contributed by atoms with Crippen LogP contribution in [0.4, 0.5) is 0 Å². The van der Waals surface area contributed by atoms with E-state index < -0.39 is 10.0 Å². The molecule has 3 aromatic rings. The number of nitrogens with zero attached hydrogens (tertiary/aromatic N) is 2. The summed E-state index contributed by atoms with van der Waals surface area (Å²) in [5.41, 5.74) is 2.36. The largest absolute Gasteiger partial charge is 0.276 e. The van der Waals surface area contributed by atoms with Crippen LogP contribution in [-0.2, 0) is 10.0 Å². The Morgan fingerprint density at radius 2 is 1.88 bits per heavy atom. The standard InChI is InChI=1S/C17H14ClN3O2S/c1-12-6-5-7-13-10-14(17(18)20-16(12)13)11-19-21-24(22,23)15-8-3-2-4-9-15/h2-11,21H,1H3/b19-11-. The van der Waals surface area contributed by atoms with Gasteiger partial charge < -0.3 is 0 Å². The first-order valence-corrected chi connectivity index (χ1v) is 8.99. The van der Waals surface area contributed by atoms with Crippen LogP contribution in [0.3, 0.4) is 0 Å². The topological polar surface area (TPSA) is 71.4 Å². The van der Waals surface area contributed by atoms with Crippen LogP contribution in [0.5, 0.6) is 0 Å². The number of nitrogens with one attached hydrogen (secondary N) is 1. The number of rotatable bonds is 4. The summed E-state index contributed by atoms with van der Waals surface area (Å²) in [4.78, 5) is 6.65. The minimum Gasteiger partial charge on any atom is -0.235 e. The Morgan fingerprint density at radius 3 is 2.62 bits per heavy atom. The summed E-state index contributed by atoms with van der Waals surface area (Å²) in [6.45, 7) is 1.95. The predicted molar refractivity (Wildman–Crippen MR) is 95.8 cm³/mol. The molecule has 0 unspecified atom stereocenters. The zero-order valence-electron chi connectivity index (χ0n) is 12.8. The van der Waals surface area contributed by atoms with Gasteiger partial charge in [-0.05, 0) is 30.7 Å². The molecule has 1 heterocycles. The maximum Gasteiger partial charge on any atom is 0.276 e. The lowest BCUT2D eigenvalue weighted by atomic mass is 10.1. The van der Waals surface area contributed by atoms with Crippen LogP contribution in [0.15, 0.2) is 64.6 Å². The van der Waals surface area contributed by atoms with Crippen molar-refractivity contribution in [1.82, 2.24) is 9.82 Å². The quantitative estimate of drug-likeness (QED) is 0.440. The molecule has 1 N–H and O–H groups in total. The van der Waals surface area contributed by atoms with Crippen LogP contribution >= 0.6 is 11.6 Å². The lowest BCUT2D eigenvalue weighted by molar-refractivity contribution is 0.584. The number of para-hydroxylation sites is 1. The molecule has 0 aliphatic heterocycles. The number of sulfonamides is 1. The van der Waals surface area contributed by atoms with Gasteiger partial charge in [-0.3, -0.25) is 0 Å². The van der Waals surface area contributed by atoms with E-state index in [4.69, 9.17) is 11.6 Å². The molecule has 0 fully saturated rings. The molecule has 2 aromatic carbocycles. The molecule has 0 spiro atoms. The molecule has 0 saturated heterocycles. The van der Waals surface area contributed by atoms with E-state index in [2.05, 4.69) is 14.9 Å². The van der Waals surface area contributed by atoms with Gasteiger partial charge in [0.25, 0.3) is 10.0 Å². The van der Waals surface area contributed by atoms with Crippen molar-refractivity contribution in [2.45, 2.75) is 11.8 Å². The van der Waals surface area contributed by atoms with Gasteiger partial charge in [-0.2, -0.15) is 13.5 Å². The SMILES string of the molecule is Cc1cccc2cc(/C=N\NS(=O)(=O)c3ccccc3)c(Cl)nc12. The van der Waals surface area contributed by atoms with Gasteiger partial charge in [0.05, 0.1) is 16.6 Å². The summed E-state index contributed by atoms with van der Waals surface area (Å²) >= 11 is 6.16. The Kier molecular flexibility index (Phi) is 4.51. The summed E-state index contributed by atoms with van der Waals surface area (Å²) < 4.78 is 24.2. The van der Waals surface area contributed by atoms with Crippen molar-refractivity contribution >= 4 is 38.7 Å². The average molecular weight is 360 g/mol. The fraction of sp³-hybridized carbons (Fsp3) is 0.0588. The zero-order chi connectivity index (χ0) is 17.2. The molecule has 1 aromatic heterocycles. The van der Waals surface area contributed by atoms with Gasteiger partial charge in [-0.1, -0.05) is 48.0 Å². The molecule has 0 saturated carbocycles. The van der Waals surface area contributed by atoms with Crippen molar-refractivity contribution in [3.05, 3.63) is 70.9 Å². The van der Waals surface area contributed by atoms with Gasteiger partial charge in [0.1, 0.15) is 5.15 Å². The smallest absolute Gasteiger partial charge is 0.235 e. The average Bonchev–Trinajstić information content (AvgIpc) is 2.57. The van der Waals surface area contributed by atoms with Crippen LogP contribution in [-0.4, -0.2) is 19.6 Å². The highest BCUT2D eigenvalue weighted by atomic mass is 35.5. The third kappa shape index (κ3) is 3.39. The van der Waals surface area contributed by atoms with Crippen molar-refractivity contribution in [3.63, 3.8) is 0 Å². The van der Waals surface area contributed by atoms with E-state index in [1.807, 2.05) is 31.2 Å². The molecular weight excluding hydrogens is 346 g/mol. The zero-order valence-corrected chi connectivity index (χ0v) is 14.3. The van der Waals surface area contributed by atoms with Crippen LogP contribution in [0.2, 0.25) is 5.15 Å². The molecule has 0 radical (unpaired) electrons. The van der Waals surface area contributed by atoms with E-state index in [-0.39, 0.29) is 10.0 Å². The van der Waals surface area contributed by atoms with Gasteiger partial charge in [-0.25, -0.2) is 9.82 Å². The summed E-state index contributed by atoms with van der Waals surface area (Å²) in [5.74, 6) is 0. The van der Waals surface area contributed by atoms with E-state index in [9.17, 15) is 8.42 Å². The number of aryl methyl sites for hydroxylation is 1. The number of hydrogen-bond donors (Lipinski definition) is 1. The Bertz CT molecular complexity index is 1020. The Morgan fingerprint density at radius 1 is 1.12 bits per heavy atom. The fourth-order valence-corrected chi connectivity index (χ4v) is 3.25. The number of aromatic nitrogens is 1. The van der Waals surface area contributed by atoms with Gasteiger partial charge in [0.15, 0.2) is 0 Å². The van der Waals surface area contributed by atoms with Gasteiger partial charge >= 0.3 is 0 Å². The van der Waals surface area contributed by atoms with E-state index >= 15 is 0 Å². The van der Waals surface area contributed by atoms with E-state index in [0.29, 0.717) is 5.56 Å². The summed E-state index contributed by atoms with van der Waals surface area (Å²) in [6.07, 6.45) is 1.34. The van der Waals surface area contributed by atoms with E-state index in [1.54, 1.807) is 18.2 Å². The van der Waals surface area contributed by atoms with Gasteiger partial charge in [0, 0.05) is 10.9 Å². The van der Waals surface area contributed by atoms with E-state index in [1.165, 1.54) is 18.3 Å². The second-order valence-electron chi connectivity index (χ2n) is 5.18. The molecule has 0 aliphatic carbocycles. The van der Waals surface area contributed by atoms with Gasteiger partial charge in [0.2, 0.25) is 0 Å². The molecule has 0 amide bonds. The van der Waals surface area contributed by atoms with Crippen molar-refractivity contribution in [2.75, 3.05) is 0 Å². The summed E-state index contributed by atoms with van der Waals surface area (Å²) in [5, 5.41) is 4.96. The number of pyridine rings is 1. The summed E-state index contributed by atoms with van der Waals surface area (Å²) in [6, 6.07) is 15.6. The lowest BCUT2D eigenvalue weighted by Gasteiger charge is -2.05. The highest BCUT2D eigenvalue weighted by Gasteiger charge is 2.11. The molecule has 0 bridgehead atoms. The normalized spacial score (nSPS) is 11.9. The van der Waals surface area contributed by atoms with Gasteiger partial charge in [-0.15, -0.1) is 0 Å². The molecule has 0 aliphatic rings. The fourth-order valence-electron chi connectivity index (χ4n) is 2.25. The lowest BCUT2D eigenvalue weighted by Crippen LogP contribution is -2.18. The second-order valence-corrected chi connectivity index (χ2v) is 7.20. The Balaban J connectivity index is 1.87. The minimum atomic E-state index is -3.70.